The van der Waals surface area contributed by atoms with Crippen molar-refractivity contribution in [2.75, 3.05) is 0 Å². The highest BCUT2D eigenvalue weighted by molar-refractivity contribution is 5.31. The Morgan fingerprint density at radius 3 is 2.17 bits per heavy atom. The van der Waals surface area contributed by atoms with Gasteiger partial charge in [-0.1, -0.05) is 38.1 Å². The van der Waals surface area contributed by atoms with Gasteiger partial charge in [-0.15, -0.1) is 0 Å². The minimum atomic E-state index is -0.647. The largest absolute Gasteiger partial charge is 0.382 e. The van der Waals surface area contributed by atoms with Gasteiger partial charge in [-0.05, 0) is 41.7 Å². The van der Waals surface area contributed by atoms with Crippen LogP contribution in [-0.4, -0.2) is 10.1 Å². The van der Waals surface area contributed by atoms with Crippen molar-refractivity contribution in [3.63, 3.8) is 0 Å². The monoisotopic (exact) mass is 241 g/mol. The van der Waals surface area contributed by atoms with Gasteiger partial charge in [0.1, 0.15) is 6.10 Å². The van der Waals surface area contributed by atoms with Gasteiger partial charge in [0.25, 0.3) is 0 Å². The van der Waals surface area contributed by atoms with Crippen LogP contribution in [-0.2, 0) is 0 Å². The highest BCUT2D eigenvalue weighted by Gasteiger charge is 2.12. The first-order valence-corrected chi connectivity index (χ1v) is 6.28. The fourth-order valence-corrected chi connectivity index (χ4v) is 1.94. The molecule has 2 rings (SSSR count). The molecule has 1 heterocycles. The fraction of sp³-hybridized carbons (Fsp3) is 0.312. The zero-order chi connectivity index (χ0) is 13.1. The van der Waals surface area contributed by atoms with Crippen molar-refractivity contribution < 1.29 is 5.11 Å². The van der Waals surface area contributed by atoms with Crippen LogP contribution in [0.3, 0.4) is 0 Å². The minimum Gasteiger partial charge on any atom is -0.382 e. The van der Waals surface area contributed by atoms with E-state index in [1.165, 1.54) is 5.56 Å². The van der Waals surface area contributed by atoms with Crippen molar-refractivity contribution >= 4 is 0 Å². The minimum absolute atomic E-state index is 0.508. The molecule has 2 nitrogen and oxygen atoms in total. The van der Waals surface area contributed by atoms with Gasteiger partial charge in [-0.2, -0.15) is 0 Å². The number of aliphatic hydroxyl groups is 1. The predicted molar refractivity (Wildman–Crippen MR) is 73.6 cm³/mol. The number of rotatable bonds is 3. The van der Waals surface area contributed by atoms with Gasteiger partial charge in [-0.3, -0.25) is 4.98 Å². The third kappa shape index (κ3) is 2.77. The van der Waals surface area contributed by atoms with E-state index in [9.17, 15) is 5.11 Å². The summed E-state index contributed by atoms with van der Waals surface area (Å²) in [5, 5.41) is 10.3. The van der Waals surface area contributed by atoms with E-state index in [0.717, 1.165) is 11.1 Å². The van der Waals surface area contributed by atoms with Gasteiger partial charge < -0.3 is 5.11 Å². The van der Waals surface area contributed by atoms with Crippen LogP contribution in [0.15, 0.2) is 42.6 Å². The molecule has 94 valence electrons. The van der Waals surface area contributed by atoms with Crippen LogP contribution in [0.4, 0.5) is 0 Å². The summed E-state index contributed by atoms with van der Waals surface area (Å²) in [5.74, 6) is 0.508. The smallest absolute Gasteiger partial charge is 0.121 e. The number of aliphatic hydroxyl groups excluding tert-OH is 1. The van der Waals surface area contributed by atoms with Gasteiger partial charge in [-0.25, -0.2) is 0 Å². The van der Waals surface area contributed by atoms with Crippen LogP contribution in [0.25, 0.3) is 0 Å². The van der Waals surface area contributed by atoms with Crippen LogP contribution in [0, 0.1) is 6.92 Å². The topological polar surface area (TPSA) is 33.1 Å². The molecule has 0 saturated carbocycles. The Balaban J connectivity index is 2.26. The van der Waals surface area contributed by atoms with E-state index in [1.54, 1.807) is 6.20 Å². The normalized spacial score (nSPS) is 12.7. The van der Waals surface area contributed by atoms with Crippen LogP contribution in [0.1, 0.15) is 48.3 Å². The SMILES string of the molecule is Cc1ccnc(C(O)c2ccc(C(C)C)cc2)c1. The van der Waals surface area contributed by atoms with Gasteiger partial charge in [0.2, 0.25) is 0 Å². The number of aromatic nitrogens is 1. The van der Waals surface area contributed by atoms with Crippen molar-refractivity contribution in [1.29, 1.82) is 0 Å². The molecule has 18 heavy (non-hydrogen) atoms. The second-order valence-electron chi connectivity index (χ2n) is 4.98. The third-order valence-corrected chi connectivity index (χ3v) is 3.14. The van der Waals surface area contributed by atoms with E-state index in [-0.39, 0.29) is 0 Å². The van der Waals surface area contributed by atoms with Gasteiger partial charge in [0, 0.05) is 6.20 Å². The molecule has 1 aromatic carbocycles. The molecule has 0 aliphatic carbocycles. The average molecular weight is 241 g/mol. The van der Waals surface area contributed by atoms with Gasteiger partial charge in [0.05, 0.1) is 5.69 Å². The van der Waals surface area contributed by atoms with Crippen molar-refractivity contribution in [2.24, 2.45) is 0 Å². The second-order valence-corrected chi connectivity index (χ2v) is 4.98. The van der Waals surface area contributed by atoms with Crippen molar-refractivity contribution in [3.05, 3.63) is 65.0 Å². The molecule has 0 aliphatic rings. The van der Waals surface area contributed by atoms with Crippen LogP contribution in [0.5, 0.6) is 0 Å². The lowest BCUT2D eigenvalue weighted by Crippen LogP contribution is -2.02. The molecule has 0 saturated heterocycles. The van der Waals surface area contributed by atoms with Crippen molar-refractivity contribution in [1.82, 2.24) is 4.98 Å². The van der Waals surface area contributed by atoms with Crippen molar-refractivity contribution in [3.8, 4) is 0 Å². The highest BCUT2D eigenvalue weighted by atomic mass is 16.3. The summed E-state index contributed by atoms with van der Waals surface area (Å²) in [6.07, 6.45) is 1.09. The molecule has 1 atom stereocenters. The summed E-state index contributed by atoms with van der Waals surface area (Å²) in [7, 11) is 0. The van der Waals surface area contributed by atoms with Crippen LogP contribution in [0.2, 0.25) is 0 Å². The Morgan fingerprint density at radius 1 is 1.00 bits per heavy atom. The molecule has 1 aromatic heterocycles. The Bertz CT molecular complexity index is 517. The van der Waals surface area contributed by atoms with Crippen molar-refractivity contribution in [2.45, 2.75) is 32.8 Å². The molecular formula is C16H19NO. The van der Waals surface area contributed by atoms with Crippen LogP contribution < -0.4 is 0 Å². The zero-order valence-corrected chi connectivity index (χ0v) is 11.1. The van der Waals surface area contributed by atoms with E-state index in [4.69, 9.17) is 0 Å². The number of benzene rings is 1. The summed E-state index contributed by atoms with van der Waals surface area (Å²) >= 11 is 0. The van der Waals surface area contributed by atoms with Gasteiger partial charge in [0.15, 0.2) is 0 Å². The lowest BCUT2D eigenvalue weighted by atomic mass is 9.98. The number of nitrogens with zero attached hydrogens (tertiary/aromatic N) is 1. The first kappa shape index (κ1) is 12.8. The van der Waals surface area contributed by atoms with Crippen LogP contribution >= 0.6 is 0 Å². The first-order valence-electron chi connectivity index (χ1n) is 6.28. The maximum absolute atomic E-state index is 10.3. The first-order chi connectivity index (χ1) is 8.58. The van der Waals surface area contributed by atoms with Gasteiger partial charge >= 0.3 is 0 Å². The highest BCUT2D eigenvalue weighted by Crippen LogP contribution is 2.23. The Morgan fingerprint density at radius 2 is 1.61 bits per heavy atom. The molecule has 0 amide bonds. The standard InChI is InChI=1S/C16H19NO/c1-11(2)13-4-6-14(7-5-13)16(18)15-10-12(3)8-9-17-15/h4-11,16,18H,1-3H3. The molecule has 0 radical (unpaired) electrons. The molecule has 1 N–H and O–H groups in total. The molecule has 2 heteroatoms. The quantitative estimate of drug-likeness (QED) is 0.890. The van der Waals surface area contributed by atoms with E-state index in [2.05, 4.69) is 31.0 Å². The summed E-state index contributed by atoms with van der Waals surface area (Å²) < 4.78 is 0. The Kier molecular flexibility index (Phi) is 3.78. The number of aryl methyl sites for hydroxylation is 1. The van der Waals surface area contributed by atoms with E-state index < -0.39 is 6.10 Å². The van der Waals surface area contributed by atoms with E-state index in [1.807, 2.05) is 31.2 Å². The molecule has 2 aromatic rings. The Hall–Kier alpha value is -1.67. The molecule has 0 spiro atoms. The Labute approximate surface area is 108 Å². The molecule has 1 unspecified atom stereocenters. The van der Waals surface area contributed by atoms with E-state index in [0.29, 0.717) is 11.6 Å². The lowest BCUT2D eigenvalue weighted by Gasteiger charge is -2.12. The third-order valence-electron chi connectivity index (χ3n) is 3.14. The molecular weight excluding hydrogens is 222 g/mol. The zero-order valence-electron chi connectivity index (χ0n) is 11.1. The fourth-order valence-electron chi connectivity index (χ4n) is 1.94. The maximum atomic E-state index is 10.3. The summed E-state index contributed by atoms with van der Waals surface area (Å²) in [6, 6.07) is 11.9. The predicted octanol–water partition coefficient (Wildman–Crippen LogP) is 3.60. The molecule has 0 bridgehead atoms. The summed E-state index contributed by atoms with van der Waals surface area (Å²) in [5.41, 5.74) is 3.98. The van der Waals surface area contributed by atoms with E-state index >= 15 is 0 Å². The number of hydrogen-bond donors (Lipinski definition) is 1. The number of hydrogen-bond acceptors (Lipinski definition) is 2. The summed E-state index contributed by atoms with van der Waals surface area (Å²) in [6.45, 7) is 6.32. The number of pyridine rings is 1. The average Bonchev–Trinajstić information content (AvgIpc) is 2.38. The summed E-state index contributed by atoms with van der Waals surface area (Å²) in [4.78, 5) is 4.22. The maximum Gasteiger partial charge on any atom is 0.121 e. The molecule has 0 fully saturated rings. The molecule has 0 aliphatic heterocycles. The second kappa shape index (κ2) is 5.32. The lowest BCUT2D eigenvalue weighted by molar-refractivity contribution is 0.215.